The molecule has 2 aliphatic heterocycles. The molecule has 0 fully saturated rings. The fourth-order valence-corrected chi connectivity index (χ4v) is 8.39. The van der Waals surface area contributed by atoms with Crippen molar-refractivity contribution in [2.45, 2.75) is 142 Å². The second kappa shape index (κ2) is 27.6. The number of aliphatic imine (C=N–C) groups is 1. The SMILES string of the molecule is C=CCCCCCN1/C(=C/C=C/C=C/C2=[N+](C)c3ccccc3C2(C)C)C(C)(C)c2ccccc21.CCCCCCCNCCCCCCCCN=C/C(CNC)=N\N. The van der Waals surface area contributed by atoms with Gasteiger partial charge in [0.05, 0.1) is 11.1 Å². The van der Waals surface area contributed by atoms with Gasteiger partial charge in [-0.3, -0.25) is 4.99 Å². The summed E-state index contributed by atoms with van der Waals surface area (Å²) in [7, 11) is 4.05. The summed E-state index contributed by atoms with van der Waals surface area (Å²) in [6.45, 7) is 20.4. The van der Waals surface area contributed by atoms with Crippen LogP contribution in [0.2, 0.25) is 0 Å². The van der Waals surface area contributed by atoms with Gasteiger partial charge in [0, 0.05) is 60.4 Å². The zero-order valence-corrected chi connectivity index (χ0v) is 38.4. The molecule has 0 atom stereocenters. The molecule has 4 N–H and O–H groups in total. The molecule has 0 unspecified atom stereocenters. The van der Waals surface area contributed by atoms with Crippen LogP contribution in [-0.4, -0.2) is 69.0 Å². The number of benzene rings is 2. The lowest BCUT2D eigenvalue weighted by Crippen LogP contribution is -2.27. The van der Waals surface area contributed by atoms with Gasteiger partial charge in [0.1, 0.15) is 7.05 Å². The number of nitrogens with one attached hydrogen (secondary N) is 2. The summed E-state index contributed by atoms with van der Waals surface area (Å²) >= 11 is 0. The number of hydrazone groups is 1. The molecule has 2 heterocycles. The number of fused-ring (bicyclic) bond motifs is 2. The summed E-state index contributed by atoms with van der Waals surface area (Å²) in [4.78, 5) is 6.91. The number of rotatable bonds is 27. The van der Waals surface area contributed by atoms with E-state index < -0.39 is 0 Å². The van der Waals surface area contributed by atoms with Crippen LogP contribution in [-0.2, 0) is 10.8 Å². The number of unbranched alkanes of at least 4 members (excludes halogenated alkanes) is 12. The summed E-state index contributed by atoms with van der Waals surface area (Å²) in [6, 6.07) is 17.6. The van der Waals surface area contributed by atoms with Gasteiger partial charge in [-0.2, -0.15) is 9.68 Å². The standard InChI is InChI=1S/C33H41N2.C19H41N5/c1-7-8-9-10-18-25-35-29-22-17-15-20-27(29)33(4,5)31(35)24-13-11-12-23-30-32(2,3)26-19-14-16-21-28(26)34(30)6;1-3-4-5-8-11-14-22-15-12-9-6-7-10-13-16-23-18-19(24-20)17-21-2/h7,11-17,19-24H,1,8-10,18,25H2,2-6H3;18,21-22H,3-17,20H2,1-2H3/q+1;/b;23-18?,24-19-. The number of nitrogens with two attached hydrogens (primary N) is 1. The number of nitrogens with zero attached hydrogens (tertiary/aromatic N) is 4. The third-order valence-electron chi connectivity index (χ3n) is 11.9. The molecule has 7 heteroatoms. The second-order valence-electron chi connectivity index (χ2n) is 17.3. The fourth-order valence-electron chi connectivity index (χ4n) is 8.39. The van der Waals surface area contributed by atoms with Crippen LogP contribution in [0, 0.1) is 0 Å². The lowest BCUT2D eigenvalue weighted by atomic mass is 9.81. The third-order valence-corrected chi connectivity index (χ3v) is 11.9. The molecule has 0 spiro atoms. The van der Waals surface area contributed by atoms with Crippen molar-refractivity contribution in [1.29, 1.82) is 0 Å². The van der Waals surface area contributed by atoms with E-state index in [4.69, 9.17) is 5.84 Å². The van der Waals surface area contributed by atoms with Gasteiger partial charge < -0.3 is 21.4 Å². The molecule has 0 saturated carbocycles. The largest absolute Gasteiger partial charge is 0.344 e. The Balaban J connectivity index is 0.000000342. The molecule has 0 saturated heterocycles. The molecule has 2 aromatic carbocycles. The molecule has 0 bridgehead atoms. The van der Waals surface area contributed by atoms with Crippen LogP contribution < -0.4 is 21.4 Å². The smallest absolute Gasteiger partial charge is 0.209 e. The van der Waals surface area contributed by atoms with Gasteiger partial charge in [-0.05, 0) is 90.2 Å². The number of anilines is 1. The molecule has 59 heavy (non-hydrogen) atoms. The first kappa shape index (κ1) is 49.3. The van der Waals surface area contributed by atoms with E-state index in [1.807, 2.05) is 13.1 Å². The Bertz CT molecular complexity index is 1710. The maximum Gasteiger partial charge on any atom is 0.209 e. The normalized spacial score (nSPS) is 16.4. The van der Waals surface area contributed by atoms with Crippen molar-refractivity contribution >= 4 is 29.0 Å². The molecule has 0 amide bonds. The Morgan fingerprint density at radius 3 is 2.10 bits per heavy atom. The van der Waals surface area contributed by atoms with Gasteiger partial charge in [-0.15, -0.1) is 6.58 Å². The Morgan fingerprint density at radius 1 is 0.780 bits per heavy atom. The van der Waals surface area contributed by atoms with Crippen molar-refractivity contribution in [1.82, 2.24) is 10.6 Å². The highest BCUT2D eigenvalue weighted by atomic mass is 15.2. The predicted octanol–water partition coefficient (Wildman–Crippen LogP) is 11.7. The lowest BCUT2D eigenvalue weighted by molar-refractivity contribution is -0.401. The van der Waals surface area contributed by atoms with Gasteiger partial charge in [0.2, 0.25) is 5.69 Å². The van der Waals surface area contributed by atoms with E-state index in [-0.39, 0.29) is 10.8 Å². The zero-order chi connectivity index (χ0) is 42.8. The molecule has 324 valence electrons. The Labute approximate surface area is 360 Å². The maximum absolute atomic E-state index is 5.28. The van der Waals surface area contributed by atoms with E-state index in [0.29, 0.717) is 6.54 Å². The van der Waals surface area contributed by atoms with Crippen molar-refractivity contribution in [2.24, 2.45) is 15.9 Å². The lowest BCUT2D eigenvalue weighted by Gasteiger charge is -2.27. The summed E-state index contributed by atoms with van der Waals surface area (Å²) in [5.74, 6) is 5.28. The van der Waals surface area contributed by atoms with Gasteiger partial charge in [-0.25, -0.2) is 0 Å². The van der Waals surface area contributed by atoms with Crippen LogP contribution in [0.15, 0.2) is 107 Å². The molecular formula is C52H82N7+. The van der Waals surface area contributed by atoms with Crippen LogP contribution in [0.25, 0.3) is 0 Å². The number of allylic oxidation sites excluding steroid dienone is 7. The summed E-state index contributed by atoms with van der Waals surface area (Å²) in [5, 5.41) is 10.3. The fraction of sp³-hybridized carbons (Fsp3) is 0.558. The Kier molecular flexibility index (Phi) is 23.1. The van der Waals surface area contributed by atoms with Crippen molar-refractivity contribution < 1.29 is 4.58 Å². The van der Waals surface area contributed by atoms with Crippen molar-refractivity contribution in [3.8, 4) is 0 Å². The molecule has 0 radical (unpaired) electrons. The van der Waals surface area contributed by atoms with Crippen LogP contribution in [0.5, 0.6) is 0 Å². The maximum atomic E-state index is 5.28. The van der Waals surface area contributed by atoms with Crippen LogP contribution in [0.1, 0.15) is 142 Å². The highest BCUT2D eigenvalue weighted by molar-refractivity contribution is 6.31. The highest BCUT2D eigenvalue weighted by Crippen LogP contribution is 2.47. The number of para-hydroxylation sites is 2. The van der Waals surface area contributed by atoms with Gasteiger partial charge in [-0.1, -0.05) is 139 Å². The molecular weight excluding hydrogens is 723 g/mol. The van der Waals surface area contributed by atoms with E-state index in [9.17, 15) is 0 Å². The quantitative estimate of drug-likeness (QED) is 0.0160. The monoisotopic (exact) mass is 805 g/mol. The van der Waals surface area contributed by atoms with E-state index in [1.165, 1.54) is 130 Å². The minimum atomic E-state index is -0.00415. The first-order valence-corrected chi connectivity index (χ1v) is 23.0. The van der Waals surface area contributed by atoms with Gasteiger partial charge in [0.25, 0.3) is 0 Å². The topological polar surface area (TPSA) is 81.0 Å². The molecule has 0 aliphatic carbocycles. The molecule has 0 aromatic heterocycles. The van der Waals surface area contributed by atoms with Gasteiger partial charge >= 0.3 is 0 Å². The molecule has 4 rings (SSSR count). The first-order chi connectivity index (χ1) is 28.6. The van der Waals surface area contributed by atoms with Crippen LogP contribution in [0.3, 0.4) is 0 Å². The van der Waals surface area contributed by atoms with Crippen LogP contribution in [0.4, 0.5) is 11.4 Å². The minimum absolute atomic E-state index is 0.00415. The average Bonchev–Trinajstić information content (AvgIpc) is 3.57. The average molecular weight is 805 g/mol. The zero-order valence-electron chi connectivity index (χ0n) is 38.4. The molecule has 7 nitrogen and oxygen atoms in total. The summed E-state index contributed by atoms with van der Waals surface area (Å²) < 4.78 is 2.32. The van der Waals surface area contributed by atoms with E-state index >= 15 is 0 Å². The van der Waals surface area contributed by atoms with Crippen molar-refractivity contribution in [2.75, 3.05) is 51.7 Å². The Hall–Kier alpha value is -4.07. The number of hydrogen-bond donors (Lipinski definition) is 3. The Morgan fingerprint density at radius 2 is 1.42 bits per heavy atom. The summed E-state index contributed by atoms with van der Waals surface area (Å²) in [5.41, 5.74) is 8.98. The van der Waals surface area contributed by atoms with Crippen LogP contribution >= 0.6 is 0 Å². The third kappa shape index (κ3) is 15.8. The van der Waals surface area contributed by atoms with E-state index in [1.54, 1.807) is 6.21 Å². The first-order valence-electron chi connectivity index (χ1n) is 23.0. The summed E-state index contributed by atoms with van der Waals surface area (Å²) in [6.07, 6.45) is 34.3. The van der Waals surface area contributed by atoms with E-state index in [2.05, 4.69) is 157 Å². The molecule has 2 aromatic rings. The van der Waals surface area contributed by atoms with E-state index in [0.717, 1.165) is 31.6 Å². The van der Waals surface area contributed by atoms with Crippen molar-refractivity contribution in [3.05, 3.63) is 108 Å². The second-order valence-corrected chi connectivity index (χ2v) is 17.3. The highest BCUT2D eigenvalue weighted by Gasteiger charge is 2.42. The number of hydrogen-bond acceptors (Lipinski definition) is 6. The molecule has 2 aliphatic rings. The minimum Gasteiger partial charge on any atom is -0.344 e. The predicted molar refractivity (Wildman–Crippen MR) is 260 cm³/mol. The van der Waals surface area contributed by atoms with Crippen molar-refractivity contribution in [3.63, 3.8) is 0 Å². The van der Waals surface area contributed by atoms with Gasteiger partial charge in [0.15, 0.2) is 5.71 Å².